The molecule has 1 heterocycles. The molecule has 2 aromatic rings. The number of benzene rings is 1. The van der Waals surface area contributed by atoms with Gasteiger partial charge in [0.15, 0.2) is 0 Å². The van der Waals surface area contributed by atoms with Gasteiger partial charge in [-0.15, -0.1) is 0 Å². The molecule has 0 amide bonds. The van der Waals surface area contributed by atoms with Crippen LogP contribution in [0.3, 0.4) is 0 Å². The Labute approximate surface area is 216 Å². The first-order valence-electron chi connectivity index (χ1n) is 10.9. The summed E-state index contributed by atoms with van der Waals surface area (Å²) >= 11 is 7.04. The molecule has 0 saturated heterocycles. The first-order valence-corrected chi connectivity index (χ1v) is 12.5. The topological polar surface area (TPSA) is 95.9 Å². The fraction of sp³-hybridized carbons (Fsp3) is 0.458. The van der Waals surface area contributed by atoms with E-state index >= 15 is 0 Å². The fourth-order valence-electron chi connectivity index (χ4n) is 3.18. The molecule has 1 N–H and O–H groups in total. The summed E-state index contributed by atoms with van der Waals surface area (Å²) in [7, 11) is 0. The molecule has 0 aliphatic heterocycles. The van der Waals surface area contributed by atoms with E-state index in [4.69, 9.17) is 14.2 Å². The van der Waals surface area contributed by atoms with Crippen LogP contribution in [0, 0.1) is 0 Å². The van der Waals surface area contributed by atoms with Gasteiger partial charge in [-0.25, -0.2) is 14.4 Å². The number of aromatic nitrogens is 1. The molecule has 34 heavy (non-hydrogen) atoms. The predicted molar refractivity (Wildman–Crippen MR) is 134 cm³/mol. The van der Waals surface area contributed by atoms with Gasteiger partial charge in [-0.2, -0.15) is 0 Å². The first kappa shape index (κ1) is 28.1. The monoisotopic (exact) mass is 600 g/mol. The van der Waals surface area contributed by atoms with Crippen molar-refractivity contribution in [2.75, 3.05) is 13.2 Å². The summed E-state index contributed by atoms with van der Waals surface area (Å²) in [5, 5.41) is 2.93. The minimum Gasteiger partial charge on any atom is -0.464 e. The minimum absolute atomic E-state index is 0.00605. The minimum atomic E-state index is -1.37. The van der Waals surface area contributed by atoms with Gasteiger partial charge in [-0.05, 0) is 72.0 Å². The lowest BCUT2D eigenvalue weighted by Gasteiger charge is -2.24. The van der Waals surface area contributed by atoms with Gasteiger partial charge < -0.3 is 18.8 Å². The Bertz CT molecular complexity index is 1010. The molecule has 0 spiro atoms. The number of hydrogen-bond acceptors (Lipinski definition) is 7. The number of ether oxygens (including phenoxy) is 3. The second kappa shape index (κ2) is 12.5. The van der Waals surface area contributed by atoms with Crippen LogP contribution in [0.5, 0.6) is 0 Å². The Morgan fingerprint density at radius 2 is 1.62 bits per heavy atom. The van der Waals surface area contributed by atoms with Crippen LogP contribution in [0.2, 0.25) is 0 Å². The molecule has 0 fully saturated rings. The van der Waals surface area contributed by atoms with Crippen LogP contribution in [-0.4, -0.2) is 47.3 Å². The van der Waals surface area contributed by atoms with E-state index in [0.717, 1.165) is 5.56 Å². The zero-order valence-corrected chi connectivity index (χ0v) is 23.1. The van der Waals surface area contributed by atoms with Crippen LogP contribution in [0.4, 0.5) is 0 Å². The molecule has 0 saturated carbocycles. The molecule has 8 nitrogen and oxygen atoms in total. The molecule has 1 aromatic carbocycles. The van der Waals surface area contributed by atoms with Crippen molar-refractivity contribution < 1.29 is 28.6 Å². The molecule has 10 heteroatoms. The SMILES string of the molecule is CCOC(=O)c1c(Br)c(Br)n(Cc2ccccc2)c1CNC(C(=O)OCC)C(=O)OC(C)(C)C. The third kappa shape index (κ3) is 7.41. The van der Waals surface area contributed by atoms with E-state index < -0.39 is 29.6 Å². The normalized spacial score (nSPS) is 12.2. The number of carbonyl (C=O) groups is 3. The lowest BCUT2D eigenvalue weighted by Crippen LogP contribution is -2.47. The fourth-order valence-corrected chi connectivity index (χ4v) is 4.32. The number of esters is 3. The van der Waals surface area contributed by atoms with Gasteiger partial charge in [0, 0.05) is 18.8 Å². The number of nitrogens with zero attached hydrogens (tertiary/aromatic N) is 1. The van der Waals surface area contributed by atoms with Gasteiger partial charge in [0.2, 0.25) is 6.04 Å². The summed E-state index contributed by atoms with van der Waals surface area (Å²) in [4.78, 5) is 38.1. The molecular weight excluding hydrogens is 572 g/mol. The molecule has 0 bridgehead atoms. The molecule has 2 rings (SSSR count). The maximum absolute atomic E-state index is 12.8. The van der Waals surface area contributed by atoms with Crippen molar-refractivity contribution in [1.82, 2.24) is 9.88 Å². The van der Waals surface area contributed by atoms with E-state index in [1.807, 2.05) is 34.9 Å². The van der Waals surface area contributed by atoms with Crippen LogP contribution in [0.1, 0.15) is 56.2 Å². The van der Waals surface area contributed by atoms with E-state index in [2.05, 4.69) is 37.2 Å². The zero-order valence-electron chi connectivity index (χ0n) is 19.9. The van der Waals surface area contributed by atoms with E-state index in [-0.39, 0.29) is 19.8 Å². The predicted octanol–water partition coefficient (Wildman–Crippen LogP) is 4.60. The average molecular weight is 602 g/mol. The van der Waals surface area contributed by atoms with Gasteiger partial charge >= 0.3 is 17.9 Å². The summed E-state index contributed by atoms with van der Waals surface area (Å²) in [5.74, 6) is -2.04. The van der Waals surface area contributed by atoms with Gasteiger partial charge in [-0.1, -0.05) is 30.3 Å². The highest BCUT2D eigenvalue weighted by Gasteiger charge is 2.34. The summed E-state index contributed by atoms with van der Waals surface area (Å²) in [5.41, 5.74) is 1.03. The highest BCUT2D eigenvalue weighted by atomic mass is 79.9. The smallest absolute Gasteiger partial charge is 0.341 e. The van der Waals surface area contributed by atoms with Crippen LogP contribution in [0.15, 0.2) is 39.4 Å². The van der Waals surface area contributed by atoms with Crippen molar-refractivity contribution in [3.63, 3.8) is 0 Å². The van der Waals surface area contributed by atoms with Crippen molar-refractivity contribution in [3.05, 3.63) is 56.2 Å². The van der Waals surface area contributed by atoms with Gasteiger partial charge in [-0.3, -0.25) is 5.32 Å². The standard InChI is InChI=1S/C24H30Br2N2O6/c1-6-32-21(29)17-16(28(20(26)18(17)25)14-15-11-9-8-10-12-15)13-27-19(22(30)33-7-2)23(31)34-24(3,4)5/h8-12,19,27H,6-7,13-14H2,1-5H3. The Hall–Kier alpha value is -2.17. The lowest BCUT2D eigenvalue weighted by atomic mass is 10.1. The van der Waals surface area contributed by atoms with Gasteiger partial charge in [0.25, 0.3) is 0 Å². The van der Waals surface area contributed by atoms with E-state index in [0.29, 0.717) is 26.9 Å². The number of nitrogens with one attached hydrogen (secondary N) is 1. The largest absolute Gasteiger partial charge is 0.464 e. The highest BCUT2D eigenvalue weighted by molar-refractivity contribution is 9.13. The van der Waals surface area contributed by atoms with Crippen molar-refractivity contribution in [3.8, 4) is 0 Å². The van der Waals surface area contributed by atoms with Crippen LogP contribution < -0.4 is 5.32 Å². The third-order valence-electron chi connectivity index (χ3n) is 4.55. The molecule has 1 aromatic heterocycles. The van der Waals surface area contributed by atoms with Crippen LogP contribution in [0.25, 0.3) is 0 Å². The number of rotatable bonds is 10. The van der Waals surface area contributed by atoms with Gasteiger partial charge in [0.1, 0.15) is 10.2 Å². The van der Waals surface area contributed by atoms with Crippen molar-refractivity contribution in [2.24, 2.45) is 0 Å². The number of halogens is 2. The van der Waals surface area contributed by atoms with E-state index in [1.165, 1.54) is 0 Å². The van der Waals surface area contributed by atoms with Crippen molar-refractivity contribution >= 4 is 49.8 Å². The third-order valence-corrected chi connectivity index (χ3v) is 6.68. The second-order valence-corrected chi connectivity index (χ2v) is 9.86. The van der Waals surface area contributed by atoms with E-state index in [1.54, 1.807) is 34.6 Å². The summed E-state index contributed by atoms with van der Waals surface area (Å²) < 4.78 is 18.8. The van der Waals surface area contributed by atoms with Crippen molar-refractivity contribution in [1.29, 1.82) is 0 Å². The van der Waals surface area contributed by atoms with Gasteiger partial charge in [0.05, 0.1) is 23.2 Å². The Morgan fingerprint density at radius 3 is 2.18 bits per heavy atom. The number of hydrogen-bond donors (Lipinski definition) is 1. The molecule has 1 unspecified atom stereocenters. The first-order chi connectivity index (χ1) is 16.0. The summed E-state index contributed by atoms with van der Waals surface area (Å²) in [6, 6.07) is 8.32. The molecule has 1 atom stereocenters. The van der Waals surface area contributed by atoms with E-state index in [9.17, 15) is 14.4 Å². The van der Waals surface area contributed by atoms with Crippen LogP contribution >= 0.6 is 31.9 Å². The number of carbonyl (C=O) groups excluding carboxylic acids is 3. The zero-order chi connectivity index (χ0) is 25.5. The molecule has 0 radical (unpaired) electrons. The van der Waals surface area contributed by atoms with Crippen molar-refractivity contribution in [2.45, 2.75) is 59.4 Å². The summed E-state index contributed by atoms with van der Waals surface area (Å²) in [6.07, 6.45) is 0. The molecule has 0 aliphatic carbocycles. The Kier molecular flexibility index (Phi) is 10.3. The maximum Gasteiger partial charge on any atom is 0.341 e. The van der Waals surface area contributed by atoms with Crippen LogP contribution in [-0.2, 0) is 36.9 Å². The molecular formula is C24H30Br2N2O6. The highest BCUT2D eigenvalue weighted by Crippen LogP contribution is 2.34. The maximum atomic E-state index is 12.8. The summed E-state index contributed by atoms with van der Waals surface area (Å²) in [6.45, 7) is 9.25. The lowest BCUT2D eigenvalue weighted by molar-refractivity contribution is -0.165. The molecule has 186 valence electrons. The Morgan fingerprint density at radius 1 is 1.00 bits per heavy atom. The average Bonchev–Trinajstić information content (AvgIpc) is 2.98. The Balaban J connectivity index is 2.46. The molecule has 0 aliphatic rings. The second-order valence-electron chi connectivity index (χ2n) is 8.32. The quantitative estimate of drug-likeness (QED) is 0.241.